The van der Waals surface area contributed by atoms with E-state index in [1.165, 1.54) is 0 Å². The first-order valence-corrected chi connectivity index (χ1v) is 15.7. The molecular formula is C31H45F9O6. The van der Waals surface area contributed by atoms with Crippen molar-refractivity contribution in [1.82, 2.24) is 0 Å². The summed E-state index contributed by atoms with van der Waals surface area (Å²) in [4.78, 5) is 24.1. The average molecular weight is 685 g/mol. The van der Waals surface area contributed by atoms with Crippen molar-refractivity contribution in [2.45, 2.75) is 141 Å². The summed E-state index contributed by atoms with van der Waals surface area (Å²) < 4.78 is 127. The van der Waals surface area contributed by atoms with Gasteiger partial charge in [-0.25, -0.2) is 0 Å². The summed E-state index contributed by atoms with van der Waals surface area (Å²) in [5.74, 6) is -3.59. The molecule has 6 nitrogen and oxygen atoms in total. The van der Waals surface area contributed by atoms with Crippen LogP contribution in [0.4, 0.5) is 39.5 Å². The minimum atomic E-state index is -5.79. The number of esters is 2. The zero-order chi connectivity index (χ0) is 35.5. The van der Waals surface area contributed by atoms with Crippen LogP contribution in [0.15, 0.2) is 0 Å². The Morgan fingerprint density at radius 1 is 0.696 bits per heavy atom. The van der Waals surface area contributed by atoms with Crippen LogP contribution in [0.25, 0.3) is 0 Å². The number of fused-ring (bicyclic) bond motifs is 4. The van der Waals surface area contributed by atoms with Crippen molar-refractivity contribution < 1.29 is 68.8 Å². The van der Waals surface area contributed by atoms with Gasteiger partial charge < -0.3 is 19.7 Å². The molecule has 4 saturated carbocycles. The van der Waals surface area contributed by atoms with Gasteiger partial charge in [-0.1, -0.05) is 13.8 Å². The SMILES string of the molecule is CCC(C)(C)C(=O)OC1CC2CC1CC2(O)C(F)(F)F.CCC(C)(C)C(=O)OC1CC2CC1CC2CC(O)(C(F)(F)F)C(F)(F)F. The summed E-state index contributed by atoms with van der Waals surface area (Å²) in [5.41, 5.74) is -8.61. The predicted octanol–water partition coefficient (Wildman–Crippen LogP) is 7.68. The second-order valence-corrected chi connectivity index (χ2v) is 15.0. The van der Waals surface area contributed by atoms with E-state index in [2.05, 4.69) is 0 Å². The summed E-state index contributed by atoms with van der Waals surface area (Å²) in [7, 11) is 0. The first-order valence-electron chi connectivity index (χ1n) is 15.7. The Morgan fingerprint density at radius 3 is 1.48 bits per heavy atom. The van der Waals surface area contributed by atoms with Crippen molar-refractivity contribution in [1.29, 1.82) is 0 Å². The fourth-order valence-corrected chi connectivity index (χ4v) is 7.14. The molecule has 4 rings (SSSR count). The number of carbonyl (C=O) groups excluding carboxylic acids is 2. The molecule has 46 heavy (non-hydrogen) atoms. The molecule has 0 aromatic heterocycles. The van der Waals surface area contributed by atoms with Gasteiger partial charge in [0, 0.05) is 5.92 Å². The Morgan fingerprint density at radius 2 is 1.15 bits per heavy atom. The number of ether oxygens (including phenoxy) is 2. The minimum absolute atomic E-state index is 0.0869. The van der Waals surface area contributed by atoms with Crippen LogP contribution in [0.3, 0.4) is 0 Å². The van der Waals surface area contributed by atoms with Gasteiger partial charge in [0.05, 0.1) is 10.8 Å². The van der Waals surface area contributed by atoms with Gasteiger partial charge in [0.1, 0.15) is 12.2 Å². The maximum atomic E-state index is 12.9. The number of rotatable bonds is 8. The van der Waals surface area contributed by atoms with Crippen LogP contribution in [0, 0.1) is 40.4 Å². The molecule has 0 aromatic carbocycles. The lowest BCUT2D eigenvalue weighted by Crippen LogP contribution is -2.58. The average Bonchev–Trinajstić information content (AvgIpc) is 3.68. The number of hydrogen-bond donors (Lipinski definition) is 2. The Balaban J connectivity index is 0.000000259. The molecule has 4 aliphatic carbocycles. The van der Waals surface area contributed by atoms with Crippen molar-refractivity contribution in [3.05, 3.63) is 0 Å². The smallest absolute Gasteiger partial charge is 0.426 e. The highest BCUT2D eigenvalue weighted by atomic mass is 19.4. The zero-order valence-corrected chi connectivity index (χ0v) is 26.8. The molecule has 0 heterocycles. The number of halogens is 9. The van der Waals surface area contributed by atoms with Gasteiger partial charge in [-0.05, 0) is 109 Å². The monoisotopic (exact) mass is 684 g/mol. The molecule has 8 atom stereocenters. The number of hydrogen-bond acceptors (Lipinski definition) is 6. The van der Waals surface area contributed by atoms with E-state index in [9.17, 15) is 59.3 Å². The topological polar surface area (TPSA) is 93.1 Å². The summed E-state index contributed by atoms with van der Waals surface area (Å²) in [6.45, 7) is 10.6. The largest absolute Gasteiger partial charge is 0.462 e. The fraction of sp³-hybridized carbons (Fsp3) is 0.935. The van der Waals surface area contributed by atoms with Crippen molar-refractivity contribution in [3.63, 3.8) is 0 Å². The summed E-state index contributed by atoms with van der Waals surface area (Å²) in [5, 5.41) is 19.2. The lowest BCUT2D eigenvalue weighted by molar-refractivity contribution is -0.373. The molecule has 0 spiro atoms. The first kappa shape index (κ1) is 38.7. The Labute approximate surface area is 262 Å². The lowest BCUT2D eigenvalue weighted by atomic mass is 9.78. The third-order valence-electron chi connectivity index (χ3n) is 11.2. The van der Waals surface area contributed by atoms with Gasteiger partial charge in [-0.15, -0.1) is 0 Å². The predicted molar refractivity (Wildman–Crippen MR) is 146 cm³/mol. The Bertz CT molecular complexity index is 1100. The molecule has 2 N–H and O–H groups in total. The molecule has 15 heteroatoms. The molecule has 4 bridgehead atoms. The van der Waals surface area contributed by atoms with Gasteiger partial charge >= 0.3 is 30.5 Å². The molecule has 0 radical (unpaired) electrons. The highest BCUT2D eigenvalue weighted by Crippen LogP contribution is 2.58. The van der Waals surface area contributed by atoms with E-state index < -0.39 is 82.9 Å². The van der Waals surface area contributed by atoms with Gasteiger partial charge in [0.2, 0.25) is 0 Å². The summed E-state index contributed by atoms with van der Waals surface area (Å²) >= 11 is 0. The molecule has 0 amide bonds. The van der Waals surface area contributed by atoms with Crippen molar-refractivity contribution in [2.75, 3.05) is 0 Å². The van der Waals surface area contributed by atoms with Crippen molar-refractivity contribution >= 4 is 11.9 Å². The van der Waals surface area contributed by atoms with Crippen molar-refractivity contribution in [3.8, 4) is 0 Å². The van der Waals surface area contributed by atoms with E-state index >= 15 is 0 Å². The van der Waals surface area contributed by atoms with Crippen LogP contribution in [-0.2, 0) is 19.1 Å². The molecule has 268 valence electrons. The molecule has 4 fully saturated rings. The minimum Gasteiger partial charge on any atom is -0.462 e. The molecular weight excluding hydrogens is 639 g/mol. The van der Waals surface area contributed by atoms with Gasteiger partial charge in [-0.3, -0.25) is 9.59 Å². The van der Waals surface area contributed by atoms with Crippen LogP contribution in [0.2, 0.25) is 0 Å². The first-order chi connectivity index (χ1) is 20.6. The van der Waals surface area contributed by atoms with E-state index in [0.29, 0.717) is 19.3 Å². The van der Waals surface area contributed by atoms with Crippen LogP contribution >= 0.6 is 0 Å². The normalized spacial score (nSPS) is 33.1. The van der Waals surface area contributed by atoms with Crippen molar-refractivity contribution in [2.24, 2.45) is 40.4 Å². The Kier molecular flexibility index (Phi) is 10.6. The number of carbonyl (C=O) groups is 2. The van der Waals surface area contributed by atoms with Gasteiger partial charge in [0.15, 0.2) is 5.60 Å². The maximum absolute atomic E-state index is 12.9. The zero-order valence-electron chi connectivity index (χ0n) is 26.8. The van der Waals surface area contributed by atoms with E-state index in [1.54, 1.807) is 27.7 Å². The number of aliphatic hydroxyl groups is 2. The second kappa shape index (κ2) is 12.6. The van der Waals surface area contributed by atoms with Gasteiger partial charge in [0.25, 0.3) is 5.60 Å². The van der Waals surface area contributed by atoms with Crippen LogP contribution in [0.1, 0.15) is 99.3 Å². The standard InChI is InChI=1S/C17H24F6O3.C14H21F3O3/c1-4-14(2,3)13(24)26-12-7-9-5-10(12)6-11(9)8-15(25,16(18,19)20)17(21,22)23;1-4-12(2,3)11(18)20-10-6-9-5-8(10)7-13(9,19)14(15,16)17/h9-12,25H,4-8H2,1-3H3;8-10,19H,4-7H2,1-3H3. The van der Waals surface area contributed by atoms with E-state index in [0.717, 1.165) is 0 Å². The van der Waals surface area contributed by atoms with Gasteiger partial charge in [-0.2, -0.15) is 39.5 Å². The van der Waals surface area contributed by atoms with E-state index in [1.807, 2.05) is 13.8 Å². The highest BCUT2D eigenvalue weighted by Gasteiger charge is 2.71. The molecule has 0 aliphatic heterocycles. The summed E-state index contributed by atoms with van der Waals surface area (Å²) in [6.07, 6.45) is -16.6. The highest BCUT2D eigenvalue weighted by molar-refractivity contribution is 5.76. The van der Waals surface area contributed by atoms with Crippen LogP contribution in [0.5, 0.6) is 0 Å². The van der Waals surface area contributed by atoms with Crippen LogP contribution in [-0.4, -0.2) is 64.1 Å². The molecule has 0 saturated heterocycles. The van der Waals surface area contributed by atoms with E-state index in [4.69, 9.17) is 9.47 Å². The fourth-order valence-electron chi connectivity index (χ4n) is 7.14. The third-order valence-corrected chi connectivity index (χ3v) is 11.2. The maximum Gasteiger partial charge on any atom is 0.426 e. The quantitative estimate of drug-likeness (QED) is 0.201. The molecule has 8 unspecified atom stereocenters. The second-order valence-electron chi connectivity index (χ2n) is 15.0. The third kappa shape index (κ3) is 7.29. The summed E-state index contributed by atoms with van der Waals surface area (Å²) in [6, 6.07) is 0. The van der Waals surface area contributed by atoms with Crippen LogP contribution < -0.4 is 0 Å². The molecule has 0 aromatic rings. The Hall–Kier alpha value is -1.77. The molecule has 4 aliphatic rings. The van der Waals surface area contributed by atoms with E-state index in [-0.39, 0.29) is 49.9 Å². The lowest BCUT2D eigenvalue weighted by Gasteiger charge is -2.37. The number of alkyl halides is 9.